The van der Waals surface area contributed by atoms with Crippen molar-refractivity contribution >= 4 is 33.3 Å². The number of hydrogen-bond donors (Lipinski definition) is 2. The summed E-state index contributed by atoms with van der Waals surface area (Å²) < 4.78 is 39.5. The van der Waals surface area contributed by atoms with Crippen LogP contribution >= 0.6 is 11.8 Å². The first-order valence-corrected chi connectivity index (χ1v) is 11.6. The molecule has 0 spiro atoms. The minimum Gasteiger partial charge on any atom is -0.402 e. The third-order valence-corrected chi connectivity index (χ3v) is 7.91. The summed E-state index contributed by atoms with van der Waals surface area (Å²) in [7, 11) is -3.44. The molecule has 0 bridgehead atoms. The fourth-order valence-corrected chi connectivity index (χ4v) is 5.40. The molecule has 0 aromatic carbocycles. The molecule has 1 amide bonds. The Balaban J connectivity index is 1.79. The molecule has 0 aliphatic heterocycles. The highest BCUT2D eigenvalue weighted by atomic mass is 32.2. The van der Waals surface area contributed by atoms with Crippen molar-refractivity contribution in [3.63, 3.8) is 0 Å². The van der Waals surface area contributed by atoms with Gasteiger partial charge in [0.15, 0.2) is 15.0 Å². The van der Waals surface area contributed by atoms with Crippen LogP contribution in [0.25, 0.3) is 0 Å². The summed E-state index contributed by atoms with van der Waals surface area (Å²) in [6.07, 6.45) is 6.42. The van der Waals surface area contributed by atoms with Crippen LogP contribution in [0.4, 0.5) is 4.39 Å². The fraction of sp³-hybridized carbons (Fsp3) is 0.500. The molecule has 1 aromatic rings. The average molecular weight is 443 g/mol. The highest BCUT2D eigenvalue weighted by molar-refractivity contribution is 8.06. The van der Waals surface area contributed by atoms with Crippen molar-refractivity contribution in [1.82, 2.24) is 15.1 Å². The van der Waals surface area contributed by atoms with Gasteiger partial charge in [-0.3, -0.25) is 14.3 Å². The molecule has 0 saturated heterocycles. The third-order valence-electron chi connectivity index (χ3n) is 5.01. The minimum absolute atomic E-state index is 0.00692. The Morgan fingerprint density at radius 3 is 2.79 bits per heavy atom. The molecule has 2 aliphatic rings. The van der Waals surface area contributed by atoms with Crippen molar-refractivity contribution in [3.05, 3.63) is 35.4 Å². The van der Waals surface area contributed by atoms with E-state index >= 15 is 0 Å². The number of ketones is 1. The maximum Gasteiger partial charge on any atom is 0.249 e. The van der Waals surface area contributed by atoms with Gasteiger partial charge in [-0.25, -0.2) is 8.42 Å². The number of nitrogens with two attached hydrogens (primary N) is 1. The number of carbonyl (C=O) groups is 2. The summed E-state index contributed by atoms with van der Waals surface area (Å²) in [6, 6.07) is -0.851. The SMILES string of the molecule is C=C(NC(=O)[C@@H](C[C@H]1CCC(=O)C1)n1cc(S(=O)(=O)C2CC2)cn1)S/C(F)=C\N. The van der Waals surface area contributed by atoms with Crippen LogP contribution in [0.5, 0.6) is 0 Å². The molecule has 1 aromatic heterocycles. The lowest BCUT2D eigenvalue weighted by atomic mass is 9.98. The summed E-state index contributed by atoms with van der Waals surface area (Å²) in [4.78, 5) is 24.5. The molecule has 3 rings (SSSR count). The second-order valence-electron chi connectivity index (χ2n) is 7.28. The maximum atomic E-state index is 13.3. The van der Waals surface area contributed by atoms with Gasteiger partial charge in [-0.15, -0.1) is 0 Å². The summed E-state index contributed by atoms with van der Waals surface area (Å²) in [5.74, 6) is -0.376. The van der Waals surface area contributed by atoms with Crippen molar-refractivity contribution in [2.24, 2.45) is 11.7 Å². The second-order valence-corrected chi connectivity index (χ2v) is 10.6. The van der Waals surface area contributed by atoms with Crippen LogP contribution in [0, 0.1) is 5.92 Å². The zero-order valence-electron chi connectivity index (χ0n) is 15.7. The Kier molecular flexibility index (Phi) is 6.47. The average Bonchev–Trinajstić information content (AvgIpc) is 3.27. The Bertz CT molecular complexity index is 953. The Hall–Kier alpha value is -2.14. The van der Waals surface area contributed by atoms with Crippen LogP contribution in [-0.2, 0) is 19.4 Å². The summed E-state index contributed by atoms with van der Waals surface area (Å²) >= 11 is 0.569. The van der Waals surface area contributed by atoms with Gasteiger partial charge in [0.1, 0.15) is 16.7 Å². The molecule has 8 nitrogen and oxygen atoms in total. The van der Waals surface area contributed by atoms with E-state index in [9.17, 15) is 22.4 Å². The van der Waals surface area contributed by atoms with Gasteiger partial charge in [0.2, 0.25) is 5.91 Å². The Labute approximate surface area is 172 Å². The zero-order valence-corrected chi connectivity index (χ0v) is 17.3. The van der Waals surface area contributed by atoms with Crippen molar-refractivity contribution in [3.8, 4) is 0 Å². The zero-order chi connectivity index (χ0) is 21.2. The molecule has 2 fully saturated rings. The van der Waals surface area contributed by atoms with Crippen LogP contribution in [-0.4, -0.2) is 35.1 Å². The smallest absolute Gasteiger partial charge is 0.249 e. The van der Waals surface area contributed by atoms with E-state index in [1.165, 1.54) is 17.1 Å². The van der Waals surface area contributed by atoms with Gasteiger partial charge >= 0.3 is 0 Å². The number of carbonyl (C=O) groups excluding carboxylic acids is 2. The van der Waals surface area contributed by atoms with E-state index in [0.29, 0.717) is 50.3 Å². The molecule has 3 N–H and O–H groups in total. The number of halogens is 1. The number of aromatic nitrogens is 2. The number of hydrogen-bond acceptors (Lipinski definition) is 7. The van der Waals surface area contributed by atoms with Crippen LogP contribution in [0.1, 0.15) is 44.6 Å². The summed E-state index contributed by atoms with van der Waals surface area (Å²) in [5.41, 5.74) is 5.08. The lowest BCUT2D eigenvalue weighted by molar-refractivity contribution is -0.124. The second kappa shape index (κ2) is 8.70. The number of thioether (sulfide) groups is 1. The molecule has 0 radical (unpaired) electrons. The number of sulfone groups is 1. The number of nitrogens with one attached hydrogen (secondary N) is 1. The van der Waals surface area contributed by atoms with Gasteiger partial charge in [0, 0.05) is 25.2 Å². The predicted molar refractivity (Wildman–Crippen MR) is 107 cm³/mol. The van der Waals surface area contributed by atoms with Crippen molar-refractivity contribution in [2.75, 3.05) is 0 Å². The Morgan fingerprint density at radius 1 is 1.48 bits per heavy atom. The van der Waals surface area contributed by atoms with Gasteiger partial charge in [0.25, 0.3) is 0 Å². The minimum atomic E-state index is -3.44. The van der Waals surface area contributed by atoms with E-state index in [1.54, 1.807) is 0 Å². The van der Waals surface area contributed by atoms with Gasteiger partial charge in [-0.05, 0) is 43.4 Å². The van der Waals surface area contributed by atoms with Gasteiger partial charge in [-0.1, -0.05) is 6.58 Å². The van der Waals surface area contributed by atoms with Crippen LogP contribution < -0.4 is 11.1 Å². The molecular formula is C18H23FN4O4S2. The quantitative estimate of drug-likeness (QED) is 0.600. The monoisotopic (exact) mass is 442 g/mol. The highest BCUT2D eigenvalue weighted by Gasteiger charge is 2.38. The molecule has 158 valence electrons. The molecule has 2 aliphatic carbocycles. The lowest BCUT2D eigenvalue weighted by Crippen LogP contribution is -2.32. The number of Topliss-reactive ketones (excluding diaryl/α,β-unsaturated/α-hetero) is 1. The predicted octanol–water partition coefficient (Wildman–Crippen LogP) is 2.17. The maximum absolute atomic E-state index is 13.3. The van der Waals surface area contributed by atoms with E-state index in [0.717, 1.165) is 6.20 Å². The first-order valence-electron chi connectivity index (χ1n) is 9.25. The van der Waals surface area contributed by atoms with Crippen molar-refractivity contribution in [2.45, 2.75) is 54.7 Å². The lowest BCUT2D eigenvalue weighted by Gasteiger charge is -2.20. The third kappa shape index (κ3) is 5.27. The number of nitrogens with zero attached hydrogens (tertiary/aromatic N) is 2. The fourth-order valence-electron chi connectivity index (χ4n) is 3.35. The first-order chi connectivity index (χ1) is 13.7. The van der Waals surface area contributed by atoms with E-state index in [4.69, 9.17) is 5.73 Å². The van der Waals surface area contributed by atoms with Crippen molar-refractivity contribution in [1.29, 1.82) is 0 Å². The summed E-state index contributed by atoms with van der Waals surface area (Å²) in [5, 5.41) is 5.56. The van der Waals surface area contributed by atoms with Crippen molar-refractivity contribution < 1.29 is 22.4 Å². The molecular weight excluding hydrogens is 419 g/mol. The molecule has 11 heteroatoms. The van der Waals surface area contributed by atoms with E-state index in [2.05, 4.69) is 17.0 Å². The molecule has 1 heterocycles. The molecule has 2 atom stereocenters. The molecule has 2 saturated carbocycles. The summed E-state index contributed by atoms with van der Waals surface area (Å²) in [6.45, 7) is 3.59. The largest absolute Gasteiger partial charge is 0.402 e. The van der Waals surface area contributed by atoms with E-state index in [1.807, 2.05) is 0 Å². The van der Waals surface area contributed by atoms with Gasteiger partial charge in [-0.2, -0.15) is 9.49 Å². The highest BCUT2D eigenvalue weighted by Crippen LogP contribution is 2.35. The van der Waals surface area contributed by atoms with Crippen LogP contribution in [0.2, 0.25) is 0 Å². The van der Waals surface area contributed by atoms with E-state index < -0.39 is 26.9 Å². The van der Waals surface area contributed by atoms with Gasteiger partial charge < -0.3 is 11.1 Å². The van der Waals surface area contributed by atoms with Gasteiger partial charge in [0.05, 0.1) is 16.5 Å². The van der Waals surface area contributed by atoms with Crippen LogP contribution in [0.15, 0.2) is 40.3 Å². The molecule has 29 heavy (non-hydrogen) atoms. The first kappa shape index (κ1) is 21.6. The normalized spacial score (nSPS) is 21.2. The number of amides is 1. The molecule has 0 unspecified atom stereocenters. The number of rotatable bonds is 9. The van der Waals surface area contributed by atoms with Crippen LogP contribution in [0.3, 0.4) is 0 Å². The standard InChI is InChI=1S/C18H23FN4O4S2/c1-11(28-17(19)8-20)22-18(25)16(7-12-2-3-13(24)6-12)23-10-15(9-21-23)29(26,27)14-4-5-14/h8-10,12,14,16H,1-7,20H2,(H,22,25)/b17-8-/t12-,16+/m0/s1. The Morgan fingerprint density at radius 2 is 2.21 bits per heavy atom. The van der Waals surface area contributed by atoms with E-state index in [-0.39, 0.29) is 26.9 Å². The topological polar surface area (TPSA) is 124 Å².